The van der Waals surface area contributed by atoms with Crippen molar-refractivity contribution in [3.63, 3.8) is 0 Å². The van der Waals surface area contributed by atoms with E-state index >= 15 is 0 Å². The van der Waals surface area contributed by atoms with Gasteiger partial charge < -0.3 is 19.8 Å². The molecule has 3 aromatic heterocycles. The number of aromatic nitrogens is 4. The molecule has 8 heteroatoms. The van der Waals surface area contributed by atoms with Crippen LogP contribution in [0, 0.1) is 0 Å². The summed E-state index contributed by atoms with van der Waals surface area (Å²) >= 11 is 0. The minimum Gasteiger partial charge on any atom is -0.368 e. The summed E-state index contributed by atoms with van der Waals surface area (Å²) in [5.74, 6) is 1.02. The van der Waals surface area contributed by atoms with Crippen LogP contribution >= 0.6 is 0 Å². The van der Waals surface area contributed by atoms with Crippen molar-refractivity contribution >= 4 is 11.7 Å². The van der Waals surface area contributed by atoms with Crippen molar-refractivity contribution in [2.24, 2.45) is 7.05 Å². The molecule has 1 amide bonds. The molecule has 8 nitrogen and oxygen atoms in total. The second-order valence-electron chi connectivity index (χ2n) is 5.37. The number of pyridine rings is 1. The quantitative estimate of drug-likeness (QED) is 0.649. The van der Waals surface area contributed by atoms with Crippen LogP contribution in [0.4, 0.5) is 5.82 Å². The summed E-state index contributed by atoms with van der Waals surface area (Å²) in [5, 5.41) is 5.83. The van der Waals surface area contributed by atoms with E-state index in [1.165, 1.54) is 17.0 Å². The predicted molar refractivity (Wildman–Crippen MR) is 93.9 cm³/mol. The summed E-state index contributed by atoms with van der Waals surface area (Å²) in [6.45, 7) is 0.834. The van der Waals surface area contributed by atoms with E-state index in [2.05, 4.69) is 20.6 Å². The highest BCUT2D eigenvalue weighted by molar-refractivity contribution is 5.93. The van der Waals surface area contributed by atoms with Crippen LogP contribution in [0.25, 0.3) is 5.82 Å². The molecule has 0 spiro atoms. The number of anilines is 1. The summed E-state index contributed by atoms with van der Waals surface area (Å²) < 4.78 is 3.25. The molecule has 0 aromatic carbocycles. The molecule has 0 aliphatic heterocycles. The number of carbonyl (C=O) groups is 1. The molecule has 3 aromatic rings. The molecule has 0 radical (unpaired) electrons. The van der Waals surface area contributed by atoms with Gasteiger partial charge in [0.2, 0.25) is 0 Å². The van der Waals surface area contributed by atoms with E-state index in [9.17, 15) is 9.59 Å². The fraction of sp³-hybridized carbons (Fsp3) is 0.176. The van der Waals surface area contributed by atoms with Gasteiger partial charge in [0.15, 0.2) is 0 Å². The van der Waals surface area contributed by atoms with Gasteiger partial charge >= 0.3 is 0 Å². The van der Waals surface area contributed by atoms with Crippen LogP contribution in [-0.2, 0) is 7.05 Å². The topological polar surface area (TPSA) is 93.8 Å². The van der Waals surface area contributed by atoms with E-state index in [0.29, 0.717) is 18.9 Å². The van der Waals surface area contributed by atoms with Gasteiger partial charge in [-0.3, -0.25) is 9.59 Å². The van der Waals surface area contributed by atoms with Crippen molar-refractivity contribution in [2.45, 2.75) is 0 Å². The van der Waals surface area contributed by atoms with Crippen molar-refractivity contribution in [1.29, 1.82) is 0 Å². The van der Waals surface area contributed by atoms with Gasteiger partial charge in [0.05, 0.1) is 0 Å². The molecule has 3 rings (SSSR count). The number of carbonyl (C=O) groups excluding carboxylic acids is 1. The highest BCUT2D eigenvalue weighted by atomic mass is 16.2. The number of hydrogen-bond donors (Lipinski definition) is 2. The Hall–Kier alpha value is -3.42. The van der Waals surface area contributed by atoms with Gasteiger partial charge in [0.25, 0.3) is 11.5 Å². The average molecular weight is 338 g/mol. The third-order valence-corrected chi connectivity index (χ3v) is 3.61. The highest BCUT2D eigenvalue weighted by Gasteiger charge is 2.10. The van der Waals surface area contributed by atoms with Gasteiger partial charge in [-0.1, -0.05) is 0 Å². The number of hydrogen-bond acceptors (Lipinski definition) is 5. The molecule has 128 valence electrons. The first kappa shape index (κ1) is 16.4. The Morgan fingerprint density at radius 2 is 1.92 bits per heavy atom. The zero-order valence-electron chi connectivity index (χ0n) is 13.7. The second-order valence-corrected chi connectivity index (χ2v) is 5.37. The minimum atomic E-state index is -0.390. The Balaban J connectivity index is 1.53. The van der Waals surface area contributed by atoms with Crippen LogP contribution in [0.1, 0.15) is 10.4 Å². The summed E-state index contributed by atoms with van der Waals surface area (Å²) in [6.07, 6.45) is 6.88. The number of aryl methyl sites for hydroxylation is 1. The maximum atomic E-state index is 12.1. The van der Waals surface area contributed by atoms with Crippen molar-refractivity contribution in [3.05, 3.63) is 71.2 Å². The number of amides is 1. The van der Waals surface area contributed by atoms with E-state index < -0.39 is 5.91 Å². The Bertz CT molecular complexity index is 917. The lowest BCUT2D eigenvalue weighted by molar-refractivity contribution is 0.0953. The zero-order chi connectivity index (χ0) is 17.6. The lowest BCUT2D eigenvalue weighted by Crippen LogP contribution is -2.34. The van der Waals surface area contributed by atoms with Gasteiger partial charge in [-0.2, -0.15) is 0 Å². The summed E-state index contributed by atoms with van der Waals surface area (Å²) in [4.78, 5) is 32.3. The fourth-order valence-corrected chi connectivity index (χ4v) is 2.30. The Morgan fingerprint density at radius 3 is 2.72 bits per heavy atom. The van der Waals surface area contributed by atoms with Crippen LogP contribution in [0.15, 0.2) is 60.0 Å². The number of nitrogens with zero attached hydrogens (tertiary/aromatic N) is 4. The molecule has 25 heavy (non-hydrogen) atoms. The van der Waals surface area contributed by atoms with Crippen LogP contribution in [0.2, 0.25) is 0 Å². The lowest BCUT2D eigenvalue weighted by atomic mass is 10.2. The first-order valence-corrected chi connectivity index (χ1v) is 7.78. The molecule has 0 saturated heterocycles. The van der Waals surface area contributed by atoms with Gasteiger partial charge in [-0.25, -0.2) is 9.97 Å². The van der Waals surface area contributed by atoms with E-state index in [-0.39, 0.29) is 11.1 Å². The SMILES string of the molecule is Cn1cccc(C(=O)NCCNc2cc(-n3cccc3)ncn2)c1=O. The highest BCUT2D eigenvalue weighted by Crippen LogP contribution is 2.08. The molecule has 0 unspecified atom stereocenters. The van der Waals surface area contributed by atoms with E-state index in [1.807, 2.05) is 35.2 Å². The summed E-state index contributed by atoms with van der Waals surface area (Å²) in [5.41, 5.74) is -0.193. The fourth-order valence-electron chi connectivity index (χ4n) is 2.30. The molecular formula is C17H18N6O2. The predicted octanol–water partition coefficient (Wildman–Crippen LogP) is 0.808. The first-order valence-electron chi connectivity index (χ1n) is 7.78. The van der Waals surface area contributed by atoms with Gasteiger partial charge in [-0.15, -0.1) is 0 Å². The Morgan fingerprint density at radius 1 is 1.12 bits per heavy atom. The molecule has 0 saturated carbocycles. The smallest absolute Gasteiger partial charge is 0.263 e. The standard InChI is InChI=1S/C17H18N6O2/c1-22-8-4-5-13(17(22)25)16(24)19-7-6-18-14-11-15(21-12-20-14)23-9-2-3-10-23/h2-5,8-12H,6-7H2,1H3,(H,19,24)(H,18,20,21). The monoisotopic (exact) mass is 338 g/mol. The first-order chi connectivity index (χ1) is 12.1. The molecule has 0 aliphatic carbocycles. The lowest BCUT2D eigenvalue weighted by Gasteiger charge is -2.09. The largest absolute Gasteiger partial charge is 0.368 e. The Kier molecular flexibility index (Phi) is 4.89. The Labute approximate surface area is 144 Å². The van der Waals surface area contributed by atoms with Gasteiger partial charge in [0.1, 0.15) is 23.5 Å². The summed E-state index contributed by atoms with van der Waals surface area (Å²) in [6, 6.07) is 8.82. The molecule has 0 atom stereocenters. The van der Waals surface area contributed by atoms with Crippen molar-refractivity contribution in [1.82, 2.24) is 24.4 Å². The van der Waals surface area contributed by atoms with E-state index in [1.54, 1.807) is 19.3 Å². The van der Waals surface area contributed by atoms with Gasteiger partial charge in [-0.05, 0) is 24.3 Å². The normalized spacial score (nSPS) is 10.4. The molecule has 2 N–H and O–H groups in total. The minimum absolute atomic E-state index is 0.127. The van der Waals surface area contributed by atoms with Crippen LogP contribution < -0.4 is 16.2 Å². The van der Waals surface area contributed by atoms with Crippen molar-refractivity contribution < 1.29 is 4.79 Å². The maximum Gasteiger partial charge on any atom is 0.263 e. The second kappa shape index (κ2) is 7.43. The van der Waals surface area contributed by atoms with Crippen LogP contribution in [0.3, 0.4) is 0 Å². The molecule has 0 aliphatic rings. The maximum absolute atomic E-state index is 12.1. The number of nitrogens with one attached hydrogen (secondary N) is 2. The van der Waals surface area contributed by atoms with E-state index in [0.717, 1.165) is 5.82 Å². The van der Waals surface area contributed by atoms with Crippen molar-refractivity contribution in [3.8, 4) is 5.82 Å². The van der Waals surface area contributed by atoms with Crippen LogP contribution in [0.5, 0.6) is 0 Å². The number of rotatable bonds is 6. The molecule has 0 bridgehead atoms. The zero-order valence-corrected chi connectivity index (χ0v) is 13.7. The third kappa shape index (κ3) is 3.92. The van der Waals surface area contributed by atoms with Crippen molar-refractivity contribution in [2.75, 3.05) is 18.4 Å². The van der Waals surface area contributed by atoms with Crippen LogP contribution in [-0.4, -0.2) is 38.1 Å². The molecule has 0 fully saturated rings. The van der Waals surface area contributed by atoms with E-state index in [4.69, 9.17) is 0 Å². The average Bonchev–Trinajstić information content (AvgIpc) is 3.16. The van der Waals surface area contributed by atoms with Gasteiger partial charge in [0, 0.05) is 44.8 Å². The molecule has 3 heterocycles. The third-order valence-electron chi connectivity index (χ3n) is 3.61. The molecular weight excluding hydrogens is 320 g/mol. The summed E-state index contributed by atoms with van der Waals surface area (Å²) in [7, 11) is 1.61.